The minimum Gasteiger partial charge on any atom is -0.460 e. The molecule has 246 valence electrons. The van der Waals surface area contributed by atoms with Gasteiger partial charge in [0.15, 0.2) is 5.78 Å². The van der Waals surface area contributed by atoms with Crippen molar-refractivity contribution in [2.45, 2.75) is 77.7 Å². The first-order valence-electron chi connectivity index (χ1n) is 17.0. The molecule has 0 unspecified atom stereocenters. The smallest absolute Gasteiger partial charge is 0.311 e. The molecule has 47 heavy (non-hydrogen) atoms. The third-order valence-electron chi connectivity index (χ3n) is 9.16. The van der Waals surface area contributed by atoms with E-state index in [1.54, 1.807) is 6.33 Å². The van der Waals surface area contributed by atoms with E-state index in [0.29, 0.717) is 17.3 Å². The second-order valence-electron chi connectivity index (χ2n) is 13.7. The molecule has 2 aliphatic rings. The van der Waals surface area contributed by atoms with E-state index in [0.717, 1.165) is 79.7 Å². The fourth-order valence-electron chi connectivity index (χ4n) is 6.66. The van der Waals surface area contributed by atoms with E-state index in [9.17, 15) is 9.59 Å². The van der Waals surface area contributed by atoms with Crippen LogP contribution in [-0.2, 0) is 22.4 Å². The first-order valence-corrected chi connectivity index (χ1v) is 17.0. The highest BCUT2D eigenvalue weighted by atomic mass is 16.6. The van der Waals surface area contributed by atoms with Crippen LogP contribution >= 0.6 is 0 Å². The van der Waals surface area contributed by atoms with Gasteiger partial charge in [-0.25, -0.2) is 15.0 Å². The Morgan fingerprint density at radius 3 is 2.60 bits per heavy atom. The average molecular weight is 635 g/mol. The molecule has 1 atom stereocenters. The molecule has 0 radical (unpaired) electrons. The van der Waals surface area contributed by atoms with Crippen LogP contribution in [0.3, 0.4) is 0 Å². The second kappa shape index (κ2) is 14.1. The summed E-state index contributed by atoms with van der Waals surface area (Å²) in [6, 6.07) is 18.1. The maximum atomic E-state index is 13.5. The lowest BCUT2D eigenvalue weighted by molar-refractivity contribution is -0.159. The van der Waals surface area contributed by atoms with Crippen molar-refractivity contribution in [2.24, 2.45) is 5.92 Å². The van der Waals surface area contributed by atoms with Gasteiger partial charge >= 0.3 is 5.97 Å². The van der Waals surface area contributed by atoms with Crippen molar-refractivity contribution in [3.63, 3.8) is 0 Å². The molecule has 4 heterocycles. The molecular weight excluding hydrogens is 588 g/mol. The van der Waals surface area contributed by atoms with Crippen molar-refractivity contribution in [3.8, 4) is 0 Å². The fraction of sp³-hybridized carbons (Fsp3) is 0.447. The third kappa shape index (κ3) is 7.72. The number of benzene rings is 2. The molecule has 6 rings (SSSR count). The van der Waals surface area contributed by atoms with E-state index in [1.807, 2.05) is 63.2 Å². The van der Waals surface area contributed by atoms with E-state index in [-0.39, 0.29) is 18.7 Å². The number of aromatic nitrogens is 3. The summed E-state index contributed by atoms with van der Waals surface area (Å²) in [5, 5.41) is 8.94. The van der Waals surface area contributed by atoms with Gasteiger partial charge < -0.3 is 20.3 Å². The van der Waals surface area contributed by atoms with Crippen molar-refractivity contribution in [1.82, 2.24) is 15.0 Å². The molecule has 0 saturated carbocycles. The maximum absolute atomic E-state index is 13.5. The highest BCUT2D eigenvalue weighted by Crippen LogP contribution is 2.33. The molecule has 0 aliphatic carbocycles. The maximum Gasteiger partial charge on any atom is 0.311 e. The number of anilines is 3. The summed E-state index contributed by atoms with van der Waals surface area (Å²) in [6.45, 7) is 10.6. The van der Waals surface area contributed by atoms with Crippen LogP contribution in [0.5, 0.6) is 0 Å². The Balaban J connectivity index is 1.15. The summed E-state index contributed by atoms with van der Waals surface area (Å²) >= 11 is 0. The molecule has 9 nitrogen and oxygen atoms in total. The number of piperidine rings is 1. The zero-order chi connectivity index (χ0) is 33.0. The van der Waals surface area contributed by atoms with Crippen LogP contribution < -0.4 is 15.5 Å². The number of ketones is 1. The lowest BCUT2D eigenvalue weighted by atomic mass is 9.92. The molecule has 0 bridgehead atoms. The van der Waals surface area contributed by atoms with E-state index in [2.05, 4.69) is 39.6 Å². The Hall–Kier alpha value is -4.53. The normalized spacial score (nSPS) is 15.9. The number of rotatable bonds is 10. The number of pyridine rings is 1. The van der Waals surface area contributed by atoms with Crippen LogP contribution in [-0.4, -0.2) is 58.5 Å². The van der Waals surface area contributed by atoms with E-state index < -0.39 is 17.5 Å². The fourth-order valence-corrected chi connectivity index (χ4v) is 6.66. The molecule has 0 amide bonds. The molecule has 1 saturated heterocycles. The van der Waals surface area contributed by atoms with Gasteiger partial charge in [0.2, 0.25) is 0 Å². The quantitative estimate of drug-likeness (QED) is 0.141. The van der Waals surface area contributed by atoms with Gasteiger partial charge in [0.1, 0.15) is 29.4 Å². The number of fused-ring (bicyclic) bond motifs is 2. The van der Waals surface area contributed by atoms with Crippen molar-refractivity contribution >= 4 is 40.0 Å². The van der Waals surface area contributed by atoms with Crippen molar-refractivity contribution in [2.75, 3.05) is 41.7 Å². The van der Waals surface area contributed by atoms with E-state index in [1.165, 1.54) is 11.3 Å². The number of hydrogen-bond donors (Lipinski definition) is 2. The van der Waals surface area contributed by atoms with Crippen molar-refractivity contribution in [1.29, 1.82) is 0 Å². The molecule has 4 aromatic rings. The molecule has 0 spiro atoms. The Labute approximate surface area is 277 Å². The number of ether oxygens (including phenoxy) is 1. The van der Waals surface area contributed by atoms with Gasteiger partial charge in [0.05, 0.1) is 5.92 Å². The summed E-state index contributed by atoms with van der Waals surface area (Å²) in [7, 11) is 0. The van der Waals surface area contributed by atoms with Crippen molar-refractivity contribution in [3.05, 3.63) is 83.3 Å². The molecule has 2 aromatic carbocycles. The van der Waals surface area contributed by atoms with Crippen LogP contribution in [0.1, 0.15) is 86.5 Å². The third-order valence-corrected chi connectivity index (χ3v) is 9.16. The van der Waals surface area contributed by atoms with Gasteiger partial charge in [0.25, 0.3) is 0 Å². The lowest BCUT2D eigenvalue weighted by Gasteiger charge is -2.34. The number of aryl methyl sites for hydroxylation is 1. The van der Waals surface area contributed by atoms with Crippen LogP contribution in [0.25, 0.3) is 10.8 Å². The number of Topliss-reactive ketones (excluding diaryl/α,β-unsaturated/α-hetero) is 1. The monoisotopic (exact) mass is 634 g/mol. The van der Waals surface area contributed by atoms with E-state index >= 15 is 0 Å². The molecule has 9 heteroatoms. The second-order valence-corrected chi connectivity index (χ2v) is 13.7. The number of nitrogens with one attached hydrogen (secondary N) is 2. The van der Waals surface area contributed by atoms with Gasteiger partial charge in [-0.05, 0) is 81.3 Å². The van der Waals surface area contributed by atoms with Crippen LogP contribution in [0.4, 0.5) is 17.5 Å². The number of nitrogens with zero attached hydrogens (tertiary/aromatic N) is 4. The van der Waals surface area contributed by atoms with Crippen LogP contribution in [0.2, 0.25) is 0 Å². The number of esters is 1. The van der Waals surface area contributed by atoms with E-state index in [4.69, 9.17) is 14.7 Å². The summed E-state index contributed by atoms with van der Waals surface area (Å²) in [5.41, 5.74) is 3.41. The highest BCUT2D eigenvalue weighted by molar-refractivity contribution is 6.01. The molecule has 2 N–H and O–H groups in total. The molecule has 2 aromatic heterocycles. The minimum absolute atomic E-state index is 0.0272. The standard InChI is InChI=1S/C38H46N6O3/c1-5-31-35(41-24-42-36(31)44-19-16-26(17-20-44)32-15-14-27-11-8-18-39-34(27)43-32)40-23-30(37(46)47-38(2,3)4)22-33(45)29-13-12-25-9-6-7-10-28(25)21-29/h6-7,9-10,12-15,21,24,26,30H,5,8,11,16-20,22-23H2,1-4H3,(H,39,43)(H,40,41,42)/t30-/m0/s1. The zero-order valence-corrected chi connectivity index (χ0v) is 28.0. The largest absolute Gasteiger partial charge is 0.460 e. The first kappa shape index (κ1) is 32.4. The van der Waals surface area contributed by atoms with Gasteiger partial charge in [-0.3, -0.25) is 9.59 Å². The number of carbonyl (C=O) groups is 2. The summed E-state index contributed by atoms with van der Waals surface area (Å²) in [4.78, 5) is 43.5. The van der Waals surface area contributed by atoms with Crippen molar-refractivity contribution < 1.29 is 14.3 Å². The Kier molecular flexibility index (Phi) is 9.71. The van der Waals surface area contributed by atoms with Gasteiger partial charge in [0, 0.05) is 55.3 Å². The first-order chi connectivity index (χ1) is 22.7. The summed E-state index contributed by atoms with van der Waals surface area (Å²) in [5.74, 6) is 1.89. The highest BCUT2D eigenvalue weighted by Gasteiger charge is 2.30. The lowest BCUT2D eigenvalue weighted by Crippen LogP contribution is -2.35. The zero-order valence-electron chi connectivity index (χ0n) is 28.0. The Morgan fingerprint density at radius 1 is 1.04 bits per heavy atom. The van der Waals surface area contributed by atoms with Gasteiger partial charge in [-0.15, -0.1) is 0 Å². The summed E-state index contributed by atoms with van der Waals surface area (Å²) in [6.07, 6.45) is 6.59. The Bertz CT molecular complexity index is 1740. The number of carbonyl (C=O) groups excluding carboxylic acids is 2. The summed E-state index contributed by atoms with van der Waals surface area (Å²) < 4.78 is 5.77. The Morgan fingerprint density at radius 2 is 1.83 bits per heavy atom. The number of hydrogen-bond acceptors (Lipinski definition) is 9. The predicted octanol–water partition coefficient (Wildman–Crippen LogP) is 6.97. The molecule has 1 fully saturated rings. The van der Waals surface area contributed by atoms with Gasteiger partial charge in [-0.2, -0.15) is 0 Å². The molecular formula is C38H46N6O3. The minimum atomic E-state index is -0.689. The SMILES string of the molecule is CCc1c(NC[C@H](CC(=O)c2ccc3ccccc3c2)C(=O)OC(C)(C)C)ncnc1N1CCC(c2ccc3c(n2)NCCC3)CC1. The predicted molar refractivity (Wildman–Crippen MR) is 187 cm³/mol. The van der Waals surface area contributed by atoms with Crippen LogP contribution in [0.15, 0.2) is 60.9 Å². The average Bonchev–Trinajstić information content (AvgIpc) is 3.08. The topological polar surface area (TPSA) is 109 Å². The molecule has 2 aliphatic heterocycles. The van der Waals surface area contributed by atoms with Crippen LogP contribution in [0, 0.1) is 5.92 Å². The van der Waals surface area contributed by atoms with Gasteiger partial charge in [-0.1, -0.05) is 49.4 Å².